The molecule has 6 heteroatoms. The van der Waals surface area contributed by atoms with Gasteiger partial charge in [0.25, 0.3) is 0 Å². The average Bonchev–Trinajstić information content (AvgIpc) is 3.04. The van der Waals surface area contributed by atoms with Crippen LogP contribution in [0.4, 0.5) is 0 Å². The second kappa shape index (κ2) is 5.26. The van der Waals surface area contributed by atoms with Crippen LogP contribution in [0.5, 0.6) is 0 Å². The summed E-state index contributed by atoms with van der Waals surface area (Å²) in [6.07, 6.45) is 1.73. The van der Waals surface area contributed by atoms with Gasteiger partial charge in [0, 0.05) is 17.6 Å². The number of aryl methyl sites for hydroxylation is 3. The molecular formula is C15H19N3O2S. The van der Waals surface area contributed by atoms with Crippen molar-refractivity contribution < 1.29 is 9.53 Å². The Hall–Kier alpha value is -1.69. The van der Waals surface area contributed by atoms with Gasteiger partial charge in [0.05, 0.1) is 23.6 Å². The molecular weight excluding hydrogens is 286 g/mol. The largest absolute Gasteiger partial charge is 0.465 e. The standard InChI is InChI=1S/C15H19N3O2S/c1-5-20-15(19)10-6-7-11-13(10)16-14(21-11)12-8(2)17-18(4)9(12)3/h10H,5-7H2,1-4H3. The maximum Gasteiger partial charge on any atom is 0.315 e. The second-order valence-corrected chi connectivity index (χ2v) is 6.42. The van der Waals surface area contributed by atoms with Crippen LogP contribution in [0, 0.1) is 13.8 Å². The molecule has 112 valence electrons. The Labute approximate surface area is 128 Å². The first-order valence-corrected chi connectivity index (χ1v) is 8.01. The normalized spacial score (nSPS) is 17.0. The molecule has 1 unspecified atom stereocenters. The van der Waals surface area contributed by atoms with Gasteiger partial charge in [-0.2, -0.15) is 5.10 Å². The molecule has 0 bridgehead atoms. The zero-order chi connectivity index (χ0) is 15.1. The monoisotopic (exact) mass is 305 g/mol. The molecule has 0 saturated carbocycles. The van der Waals surface area contributed by atoms with Gasteiger partial charge in [0.2, 0.25) is 0 Å². The molecule has 0 spiro atoms. The zero-order valence-electron chi connectivity index (χ0n) is 12.8. The summed E-state index contributed by atoms with van der Waals surface area (Å²) in [5, 5.41) is 5.41. The minimum atomic E-state index is -0.192. The molecule has 0 fully saturated rings. The number of nitrogens with zero attached hydrogens (tertiary/aromatic N) is 3. The van der Waals surface area contributed by atoms with E-state index in [2.05, 4.69) is 5.10 Å². The lowest BCUT2D eigenvalue weighted by Gasteiger charge is -2.07. The van der Waals surface area contributed by atoms with Crippen LogP contribution in [-0.4, -0.2) is 27.3 Å². The van der Waals surface area contributed by atoms with Gasteiger partial charge in [-0.05, 0) is 33.6 Å². The summed E-state index contributed by atoms with van der Waals surface area (Å²) in [6, 6.07) is 0. The summed E-state index contributed by atoms with van der Waals surface area (Å²) in [4.78, 5) is 18.0. The van der Waals surface area contributed by atoms with Gasteiger partial charge in [0.15, 0.2) is 0 Å². The molecule has 21 heavy (non-hydrogen) atoms. The molecule has 2 aromatic rings. The fourth-order valence-corrected chi connectivity index (χ4v) is 4.18. The van der Waals surface area contributed by atoms with E-state index in [0.29, 0.717) is 6.61 Å². The number of ether oxygens (including phenoxy) is 1. The van der Waals surface area contributed by atoms with Crippen molar-refractivity contribution in [3.05, 3.63) is 22.0 Å². The highest BCUT2D eigenvalue weighted by Gasteiger charge is 2.34. The molecule has 1 aliphatic carbocycles. The van der Waals surface area contributed by atoms with Gasteiger partial charge in [-0.1, -0.05) is 0 Å². The second-order valence-electron chi connectivity index (χ2n) is 5.34. The third-order valence-corrected chi connectivity index (χ3v) is 5.16. The van der Waals surface area contributed by atoms with E-state index in [1.807, 2.05) is 32.5 Å². The number of rotatable bonds is 3. The van der Waals surface area contributed by atoms with Crippen molar-refractivity contribution in [1.29, 1.82) is 0 Å². The number of hydrogen-bond donors (Lipinski definition) is 0. The molecule has 0 saturated heterocycles. The van der Waals surface area contributed by atoms with Gasteiger partial charge >= 0.3 is 5.97 Å². The van der Waals surface area contributed by atoms with Crippen molar-refractivity contribution in [2.24, 2.45) is 7.05 Å². The molecule has 0 aromatic carbocycles. The van der Waals surface area contributed by atoms with E-state index in [1.54, 1.807) is 11.3 Å². The van der Waals surface area contributed by atoms with Crippen molar-refractivity contribution in [3.8, 4) is 10.6 Å². The number of aromatic nitrogens is 3. The number of fused-ring (bicyclic) bond motifs is 1. The number of hydrogen-bond acceptors (Lipinski definition) is 5. The van der Waals surface area contributed by atoms with E-state index >= 15 is 0 Å². The van der Waals surface area contributed by atoms with Gasteiger partial charge < -0.3 is 4.74 Å². The summed E-state index contributed by atoms with van der Waals surface area (Å²) in [6.45, 7) is 6.30. The molecule has 2 heterocycles. The van der Waals surface area contributed by atoms with E-state index in [1.165, 1.54) is 4.88 Å². The van der Waals surface area contributed by atoms with E-state index < -0.39 is 0 Å². The van der Waals surface area contributed by atoms with Gasteiger partial charge in [-0.15, -0.1) is 11.3 Å². The molecule has 0 radical (unpaired) electrons. The van der Waals surface area contributed by atoms with Crippen LogP contribution >= 0.6 is 11.3 Å². The Balaban J connectivity index is 1.99. The van der Waals surface area contributed by atoms with Gasteiger partial charge in [-0.25, -0.2) is 4.98 Å². The van der Waals surface area contributed by atoms with Crippen LogP contribution < -0.4 is 0 Å². The topological polar surface area (TPSA) is 57.0 Å². The van der Waals surface area contributed by atoms with Crippen molar-refractivity contribution >= 4 is 17.3 Å². The summed E-state index contributed by atoms with van der Waals surface area (Å²) >= 11 is 1.68. The Morgan fingerprint density at radius 3 is 2.86 bits per heavy atom. The summed E-state index contributed by atoms with van der Waals surface area (Å²) in [5.74, 6) is -0.338. The quantitative estimate of drug-likeness (QED) is 0.818. The number of carbonyl (C=O) groups excluding carboxylic acids is 1. The Kier molecular flexibility index (Phi) is 3.57. The third-order valence-electron chi connectivity index (χ3n) is 4.01. The summed E-state index contributed by atoms with van der Waals surface area (Å²) in [7, 11) is 1.94. The maximum absolute atomic E-state index is 12.0. The summed E-state index contributed by atoms with van der Waals surface area (Å²) in [5.41, 5.74) is 4.10. The SMILES string of the molecule is CCOC(=O)C1CCc2sc(-c3c(C)nn(C)c3C)nc21. The predicted molar refractivity (Wildman–Crippen MR) is 81.5 cm³/mol. The average molecular weight is 305 g/mol. The van der Waals surface area contributed by atoms with Crippen LogP contribution in [0.25, 0.3) is 10.6 Å². The Morgan fingerprint density at radius 2 is 2.24 bits per heavy atom. The van der Waals surface area contributed by atoms with Crippen molar-refractivity contribution in [2.75, 3.05) is 6.61 Å². The molecule has 1 aliphatic rings. The fourth-order valence-electron chi connectivity index (χ4n) is 2.89. The molecule has 0 amide bonds. The van der Waals surface area contributed by atoms with Crippen molar-refractivity contribution in [2.45, 2.75) is 39.5 Å². The lowest BCUT2D eigenvalue weighted by molar-refractivity contribution is -0.145. The first-order chi connectivity index (χ1) is 10.0. The molecule has 0 N–H and O–H groups in total. The highest BCUT2D eigenvalue weighted by Crippen LogP contribution is 2.41. The minimum Gasteiger partial charge on any atom is -0.465 e. The minimum absolute atomic E-state index is 0.146. The summed E-state index contributed by atoms with van der Waals surface area (Å²) < 4.78 is 7.03. The van der Waals surface area contributed by atoms with Crippen molar-refractivity contribution in [1.82, 2.24) is 14.8 Å². The third kappa shape index (κ3) is 2.27. The zero-order valence-corrected chi connectivity index (χ0v) is 13.6. The smallest absolute Gasteiger partial charge is 0.315 e. The molecule has 2 aromatic heterocycles. The lowest BCUT2D eigenvalue weighted by Crippen LogP contribution is -2.14. The van der Waals surface area contributed by atoms with Gasteiger partial charge in [-0.3, -0.25) is 9.48 Å². The number of carbonyl (C=O) groups is 1. The van der Waals surface area contributed by atoms with Crippen LogP contribution in [0.2, 0.25) is 0 Å². The highest BCUT2D eigenvalue weighted by molar-refractivity contribution is 7.15. The maximum atomic E-state index is 12.0. The fraction of sp³-hybridized carbons (Fsp3) is 0.533. The van der Waals surface area contributed by atoms with E-state index in [-0.39, 0.29) is 11.9 Å². The Morgan fingerprint density at radius 1 is 1.48 bits per heavy atom. The molecule has 5 nitrogen and oxygen atoms in total. The van der Waals surface area contributed by atoms with Crippen LogP contribution in [-0.2, 0) is 23.0 Å². The highest BCUT2D eigenvalue weighted by atomic mass is 32.1. The molecule has 1 atom stereocenters. The van der Waals surface area contributed by atoms with Crippen molar-refractivity contribution in [3.63, 3.8) is 0 Å². The molecule has 3 rings (SSSR count). The van der Waals surface area contributed by atoms with Crippen LogP contribution in [0.3, 0.4) is 0 Å². The first kappa shape index (κ1) is 14.3. The van der Waals surface area contributed by atoms with E-state index in [9.17, 15) is 4.79 Å². The van der Waals surface area contributed by atoms with Crippen LogP contribution in [0.15, 0.2) is 0 Å². The van der Waals surface area contributed by atoms with Crippen LogP contribution in [0.1, 0.15) is 41.2 Å². The lowest BCUT2D eigenvalue weighted by atomic mass is 10.1. The number of esters is 1. The Bertz CT molecular complexity index is 702. The van der Waals surface area contributed by atoms with E-state index in [0.717, 1.165) is 40.5 Å². The molecule has 0 aliphatic heterocycles. The van der Waals surface area contributed by atoms with E-state index in [4.69, 9.17) is 9.72 Å². The number of thiazole rings is 1. The first-order valence-electron chi connectivity index (χ1n) is 7.19. The predicted octanol–water partition coefficient (Wildman–Crippen LogP) is 2.75. The van der Waals surface area contributed by atoms with Gasteiger partial charge in [0.1, 0.15) is 10.9 Å².